The average molecular weight is 340 g/mol. The number of para-hydroxylation sites is 1. The first-order chi connectivity index (χ1) is 12.2. The molecule has 1 aliphatic heterocycles. The number of benzene rings is 1. The number of nitrogens with one attached hydrogen (secondary N) is 1. The molecule has 2 amide bonds. The first kappa shape index (κ1) is 15.7. The van der Waals surface area contributed by atoms with Gasteiger partial charge in [-0.05, 0) is 37.1 Å². The van der Waals surface area contributed by atoms with E-state index < -0.39 is 0 Å². The third-order valence-corrected chi connectivity index (χ3v) is 4.80. The molecule has 1 aliphatic carbocycles. The van der Waals surface area contributed by atoms with Gasteiger partial charge in [0, 0.05) is 6.04 Å². The van der Waals surface area contributed by atoms with Crippen molar-refractivity contribution >= 4 is 17.5 Å². The lowest BCUT2D eigenvalue weighted by atomic mass is 10.1. The van der Waals surface area contributed by atoms with Gasteiger partial charge < -0.3 is 19.4 Å². The summed E-state index contributed by atoms with van der Waals surface area (Å²) < 4.78 is 11.0. The van der Waals surface area contributed by atoms with Crippen molar-refractivity contribution in [2.24, 2.45) is 0 Å². The second-order valence-corrected chi connectivity index (χ2v) is 6.47. The van der Waals surface area contributed by atoms with Gasteiger partial charge in [0.1, 0.15) is 5.76 Å². The molecule has 1 aromatic carbocycles. The summed E-state index contributed by atoms with van der Waals surface area (Å²) in [5.74, 6) is 0.922. The van der Waals surface area contributed by atoms with E-state index in [2.05, 4.69) is 5.32 Å². The van der Waals surface area contributed by atoms with E-state index in [4.69, 9.17) is 9.15 Å². The second-order valence-electron chi connectivity index (χ2n) is 6.47. The van der Waals surface area contributed by atoms with Crippen LogP contribution in [0.5, 0.6) is 5.75 Å². The van der Waals surface area contributed by atoms with Crippen molar-refractivity contribution in [2.45, 2.75) is 38.3 Å². The van der Waals surface area contributed by atoms with Crippen LogP contribution in [0.4, 0.5) is 5.69 Å². The highest BCUT2D eigenvalue weighted by atomic mass is 16.5. The highest BCUT2D eigenvalue weighted by Crippen LogP contribution is 2.34. The molecule has 1 fully saturated rings. The summed E-state index contributed by atoms with van der Waals surface area (Å²) in [4.78, 5) is 26.7. The Morgan fingerprint density at radius 1 is 1.20 bits per heavy atom. The van der Waals surface area contributed by atoms with Gasteiger partial charge in [-0.25, -0.2) is 0 Å². The van der Waals surface area contributed by atoms with Crippen LogP contribution in [-0.2, 0) is 11.3 Å². The standard InChI is InChI=1S/C19H20N2O4/c22-17-12-25-18-15(8-3-9-16(18)20-17)19(23)21(13-5-1-2-6-13)11-14-7-4-10-24-14/h3-4,7-10,13H,1-2,5-6,11-12H2,(H,20,22). The molecule has 6 heteroatoms. The molecule has 25 heavy (non-hydrogen) atoms. The highest BCUT2D eigenvalue weighted by Gasteiger charge is 2.31. The van der Waals surface area contributed by atoms with E-state index >= 15 is 0 Å². The van der Waals surface area contributed by atoms with E-state index in [1.807, 2.05) is 17.0 Å². The van der Waals surface area contributed by atoms with E-state index in [1.165, 1.54) is 0 Å². The van der Waals surface area contributed by atoms with Crippen LogP contribution in [0.1, 0.15) is 41.8 Å². The summed E-state index contributed by atoms with van der Waals surface area (Å²) in [6.07, 6.45) is 5.88. The molecule has 1 aromatic heterocycles. The zero-order valence-corrected chi connectivity index (χ0v) is 13.9. The van der Waals surface area contributed by atoms with Gasteiger partial charge >= 0.3 is 0 Å². The van der Waals surface area contributed by atoms with Gasteiger partial charge in [0.2, 0.25) is 0 Å². The molecule has 0 radical (unpaired) electrons. The van der Waals surface area contributed by atoms with Crippen LogP contribution < -0.4 is 10.1 Å². The van der Waals surface area contributed by atoms with Crippen molar-refractivity contribution in [3.05, 3.63) is 47.9 Å². The fraction of sp³-hybridized carbons (Fsp3) is 0.368. The van der Waals surface area contributed by atoms with Crippen molar-refractivity contribution < 1.29 is 18.7 Å². The first-order valence-electron chi connectivity index (χ1n) is 8.61. The molecule has 2 heterocycles. The lowest BCUT2D eigenvalue weighted by molar-refractivity contribution is -0.118. The second kappa shape index (κ2) is 6.63. The Bertz CT molecular complexity index is 779. The Kier molecular flexibility index (Phi) is 4.17. The molecule has 6 nitrogen and oxygen atoms in total. The molecular formula is C19H20N2O4. The predicted octanol–water partition coefficient (Wildman–Crippen LogP) is 3.20. The summed E-state index contributed by atoms with van der Waals surface area (Å²) in [6.45, 7) is 0.367. The summed E-state index contributed by atoms with van der Waals surface area (Å²) in [7, 11) is 0. The quantitative estimate of drug-likeness (QED) is 0.928. The Morgan fingerprint density at radius 2 is 2.04 bits per heavy atom. The maximum absolute atomic E-state index is 13.3. The summed E-state index contributed by atoms with van der Waals surface area (Å²) in [5.41, 5.74) is 1.03. The third-order valence-electron chi connectivity index (χ3n) is 4.80. The number of ether oxygens (including phenoxy) is 1. The molecule has 0 bridgehead atoms. The summed E-state index contributed by atoms with van der Waals surface area (Å²) >= 11 is 0. The van der Waals surface area contributed by atoms with Gasteiger partial charge in [0.05, 0.1) is 24.1 Å². The van der Waals surface area contributed by atoms with Crippen LogP contribution in [0, 0.1) is 0 Å². The smallest absolute Gasteiger partial charge is 0.262 e. The van der Waals surface area contributed by atoms with Crippen molar-refractivity contribution in [1.29, 1.82) is 0 Å². The van der Waals surface area contributed by atoms with E-state index in [0.29, 0.717) is 23.5 Å². The van der Waals surface area contributed by atoms with Crippen molar-refractivity contribution in [3.8, 4) is 5.75 Å². The van der Waals surface area contributed by atoms with Crippen LogP contribution in [-0.4, -0.2) is 29.4 Å². The van der Waals surface area contributed by atoms with E-state index in [1.54, 1.807) is 24.5 Å². The largest absolute Gasteiger partial charge is 0.481 e. The van der Waals surface area contributed by atoms with E-state index in [9.17, 15) is 9.59 Å². The Morgan fingerprint density at radius 3 is 2.80 bits per heavy atom. The summed E-state index contributed by atoms with van der Waals surface area (Å²) in [5, 5.41) is 2.76. The number of carbonyl (C=O) groups is 2. The van der Waals surface area contributed by atoms with Crippen LogP contribution in [0.3, 0.4) is 0 Å². The van der Waals surface area contributed by atoms with Gasteiger partial charge in [0.25, 0.3) is 11.8 Å². The van der Waals surface area contributed by atoms with E-state index in [0.717, 1.165) is 31.4 Å². The summed E-state index contributed by atoms with van der Waals surface area (Å²) in [6, 6.07) is 9.17. The number of nitrogens with zero attached hydrogens (tertiary/aromatic N) is 1. The fourth-order valence-corrected chi connectivity index (χ4v) is 3.59. The maximum atomic E-state index is 13.3. The molecule has 1 saturated carbocycles. The molecule has 130 valence electrons. The minimum absolute atomic E-state index is 0.0705. The maximum Gasteiger partial charge on any atom is 0.262 e. The number of hydrogen-bond donors (Lipinski definition) is 1. The van der Waals surface area contributed by atoms with Crippen LogP contribution in [0.2, 0.25) is 0 Å². The van der Waals surface area contributed by atoms with Gasteiger partial charge in [-0.2, -0.15) is 0 Å². The highest BCUT2D eigenvalue weighted by molar-refractivity contribution is 6.03. The lowest BCUT2D eigenvalue weighted by Gasteiger charge is -2.30. The molecule has 2 aliphatic rings. The van der Waals surface area contributed by atoms with Gasteiger partial charge in [-0.3, -0.25) is 9.59 Å². The Hall–Kier alpha value is -2.76. The Balaban J connectivity index is 1.66. The number of fused-ring (bicyclic) bond motifs is 1. The van der Waals surface area contributed by atoms with Crippen LogP contribution >= 0.6 is 0 Å². The number of rotatable bonds is 4. The molecule has 2 aromatic rings. The van der Waals surface area contributed by atoms with Gasteiger partial charge in [-0.1, -0.05) is 18.9 Å². The van der Waals surface area contributed by atoms with Crippen LogP contribution in [0.15, 0.2) is 41.0 Å². The fourth-order valence-electron chi connectivity index (χ4n) is 3.59. The number of amides is 2. The van der Waals surface area contributed by atoms with E-state index in [-0.39, 0.29) is 24.5 Å². The van der Waals surface area contributed by atoms with Crippen LogP contribution in [0.25, 0.3) is 0 Å². The predicted molar refractivity (Wildman–Crippen MR) is 91.4 cm³/mol. The monoisotopic (exact) mass is 340 g/mol. The molecule has 0 atom stereocenters. The average Bonchev–Trinajstić information content (AvgIpc) is 3.32. The molecule has 0 unspecified atom stereocenters. The number of anilines is 1. The minimum Gasteiger partial charge on any atom is -0.481 e. The number of furan rings is 1. The SMILES string of the molecule is O=C1COc2c(cccc2C(=O)N(Cc2ccco2)C2CCCC2)N1. The van der Waals surface area contributed by atoms with Gasteiger partial charge in [-0.15, -0.1) is 0 Å². The number of hydrogen-bond acceptors (Lipinski definition) is 4. The zero-order valence-electron chi connectivity index (χ0n) is 13.9. The van der Waals surface area contributed by atoms with Gasteiger partial charge in [0.15, 0.2) is 12.4 Å². The number of carbonyl (C=O) groups excluding carboxylic acids is 2. The molecule has 0 spiro atoms. The Labute approximate surface area is 145 Å². The first-order valence-corrected chi connectivity index (χ1v) is 8.61. The minimum atomic E-state index is -0.208. The molecule has 0 saturated heterocycles. The molecular weight excluding hydrogens is 320 g/mol. The normalized spacial score (nSPS) is 16.9. The third kappa shape index (κ3) is 3.12. The zero-order chi connectivity index (χ0) is 17.2. The van der Waals surface area contributed by atoms with Crippen molar-refractivity contribution in [3.63, 3.8) is 0 Å². The lowest BCUT2D eigenvalue weighted by Crippen LogP contribution is -2.39. The van der Waals surface area contributed by atoms with Crippen molar-refractivity contribution in [2.75, 3.05) is 11.9 Å². The molecule has 4 rings (SSSR count). The van der Waals surface area contributed by atoms with Crippen molar-refractivity contribution in [1.82, 2.24) is 4.90 Å². The topological polar surface area (TPSA) is 71.8 Å². The molecule has 1 N–H and O–H groups in total.